The van der Waals surface area contributed by atoms with Crippen molar-refractivity contribution in [3.8, 4) is 0 Å². The fourth-order valence-electron chi connectivity index (χ4n) is 1.81. The molecule has 0 spiro atoms. The van der Waals surface area contributed by atoms with Crippen LogP contribution in [0.1, 0.15) is 6.42 Å². The van der Waals surface area contributed by atoms with Gasteiger partial charge in [-0.1, -0.05) is 23.2 Å². The van der Waals surface area contributed by atoms with E-state index in [1.807, 2.05) is 10.3 Å². The van der Waals surface area contributed by atoms with Crippen molar-refractivity contribution in [3.05, 3.63) is 32.8 Å². The molecule has 0 radical (unpaired) electrons. The second-order valence-electron chi connectivity index (χ2n) is 4.25. The van der Waals surface area contributed by atoms with Crippen LogP contribution < -0.4 is 9.62 Å². The van der Waals surface area contributed by atoms with Crippen LogP contribution in [0.15, 0.2) is 21.9 Å². The van der Waals surface area contributed by atoms with E-state index >= 15 is 0 Å². The molecule has 0 aliphatic carbocycles. The van der Waals surface area contributed by atoms with Crippen LogP contribution in [0.25, 0.3) is 0 Å². The molecule has 8 heteroatoms. The Balaban J connectivity index is 1.85. The maximum Gasteiger partial charge on any atom is 0.160 e. The standard InChI is InChI=1S/C12H10Cl2FN3S2/c13-7-4-8(18-2-1-3-18)10(14)11(15)12(7)20-17-9-5-19-6-16-9/h4-6,17H,1-3H2. The summed E-state index contributed by atoms with van der Waals surface area (Å²) >= 11 is 14.8. The Morgan fingerprint density at radius 3 is 2.80 bits per heavy atom. The van der Waals surface area contributed by atoms with Gasteiger partial charge in [0, 0.05) is 18.5 Å². The number of nitrogens with one attached hydrogen (secondary N) is 1. The van der Waals surface area contributed by atoms with E-state index in [9.17, 15) is 4.39 Å². The van der Waals surface area contributed by atoms with Gasteiger partial charge in [0.25, 0.3) is 0 Å². The maximum absolute atomic E-state index is 14.4. The van der Waals surface area contributed by atoms with E-state index < -0.39 is 5.82 Å². The minimum absolute atomic E-state index is 0.122. The van der Waals surface area contributed by atoms with Crippen molar-refractivity contribution in [1.29, 1.82) is 0 Å². The lowest BCUT2D eigenvalue weighted by atomic mass is 10.2. The highest BCUT2D eigenvalue weighted by Gasteiger charge is 2.23. The molecule has 1 aliphatic heterocycles. The first kappa shape index (κ1) is 14.3. The number of thiazole rings is 1. The summed E-state index contributed by atoms with van der Waals surface area (Å²) in [5.74, 6) is 0.173. The van der Waals surface area contributed by atoms with E-state index in [1.165, 1.54) is 11.3 Å². The number of nitrogens with zero attached hydrogens (tertiary/aromatic N) is 2. The number of halogens is 3. The molecule has 1 aromatic heterocycles. The molecule has 2 heterocycles. The molecule has 3 nitrogen and oxygen atoms in total. The minimum Gasteiger partial charge on any atom is -0.370 e. The average molecular weight is 350 g/mol. The number of hydrogen-bond donors (Lipinski definition) is 1. The van der Waals surface area contributed by atoms with E-state index in [0.717, 1.165) is 31.5 Å². The molecule has 0 unspecified atom stereocenters. The van der Waals surface area contributed by atoms with Crippen molar-refractivity contribution >= 4 is 58.0 Å². The van der Waals surface area contributed by atoms with Crippen LogP contribution in [0.5, 0.6) is 0 Å². The Hall–Kier alpha value is -0.690. The van der Waals surface area contributed by atoms with Gasteiger partial charge in [-0.05, 0) is 24.4 Å². The zero-order valence-electron chi connectivity index (χ0n) is 10.2. The van der Waals surface area contributed by atoms with Gasteiger partial charge in [-0.25, -0.2) is 9.37 Å². The zero-order valence-corrected chi connectivity index (χ0v) is 13.3. The maximum atomic E-state index is 14.4. The Morgan fingerprint density at radius 1 is 1.40 bits per heavy atom. The molecule has 0 atom stereocenters. The molecular formula is C12H10Cl2FN3S2. The molecule has 0 saturated carbocycles. The van der Waals surface area contributed by atoms with E-state index in [-0.39, 0.29) is 9.92 Å². The molecule has 1 aromatic carbocycles. The predicted octanol–water partition coefficient (Wildman–Crippen LogP) is 4.92. The lowest BCUT2D eigenvalue weighted by Gasteiger charge is -2.34. The molecule has 0 bridgehead atoms. The number of anilines is 2. The van der Waals surface area contributed by atoms with Gasteiger partial charge in [-0.15, -0.1) is 11.3 Å². The van der Waals surface area contributed by atoms with Crippen LogP contribution in [-0.4, -0.2) is 18.1 Å². The van der Waals surface area contributed by atoms with Crippen LogP contribution >= 0.6 is 46.5 Å². The van der Waals surface area contributed by atoms with E-state index in [2.05, 4.69) is 9.71 Å². The van der Waals surface area contributed by atoms with Crippen LogP contribution in [0.3, 0.4) is 0 Å². The van der Waals surface area contributed by atoms with Gasteiger partial charge in [-0.3, -0.25) is 0 Å². The first-order chi connectivity index (χ1) is 9.66. The van der Waals surface area contributed by atoms with Crippen LogP contribution in [-0.2, 0) is 0 Å². The third kappa shape index (κ3) is 2.70. The topological polar surface area (TPSA) is 28.2 Å². The summed E-state index contributed by atoms with van der Waals surface area (Å²) in [6, 6.07) is 1.72. The highest BCUT2D eigenvalue weighted by atomic mass is 35.5. The molecule has 106 valence electrons. The fourth-order valence-corrected chi connectivity index (χ4v) is 3.66. The summed E-state index contributed by atoms with van der Waals surface area (Å²) in [6.45, 7) is 1.78. The third-order valence-corrected chi connectivity index (χ3v) is 5.25. The molecule has 1 aliphatic rings. The van der Waals surface area contributed by atoms with Crippen molar-refractivity contribution in [2.24, 2.45) is 0 Å². The highest BCUT2D eigenvalue weighted by Crippen LogP contribution is 2.41. The zero-order chi connectivity index (χ0) is 14.1. The van der Waals surface area contributed by atoms with Crippen molar-refractivity contribution < 1.29 is 4.39 Å². The van der Waals surface area contributed by atoms with Gasteiger partial charge in [0.05, 0.1) is 21.1 Å². The summed E-state index contributed by atoms with van der Waals surface area (Å²) < 4.78 is 17.3. The van der Waals surface area contributed by atoms with Crippen molar-refractivity contribution in [1.82, 2.24) is 4.98 Å². The Kier molecular flexibility index (Phi) is 4.26. The lowest BCUT2D eigenvalue weighted by molar-refractivity contribution is 0.589. The van der Waals surface area contributed by atoms with Gasteiger partial charge in [0.1, 0.15) is 10.8 Å². The normalized spacial score (nSPS) is 14.2. The van der Waals surface area contributed by atoms with Gasteiger partial charge >= 0.3 is 0 Å². The predicted molar refractivity (Wildman–Crippen MR) is 84.8 cm³/mol. The summed E-state index contributed by atoms with van der Waals surface area (Å²) in [7, 11) is 0. The van der Waals surface area contributed by atoms with Gasteiger partial charge in [0.2, 0.25) is 0 Å². The number of rotatable bonds is 4. The minimum atomic E-state index is -0.492. The molecule has 2 aromatic rings. The third-order valence-electron chi connectivity index (χ3n) is 2.98. The van der Waals surface area contributed by atoms with Crippen molar-refractivity contribution in [3.63, 3.8) is 0 Å². The average Bonchev–Trinajstić information content (AvgIpc) is 2.86. The number of benzene rings is 1. The van der Waals surface area contributed by atoms with Crippen molar-refractivity contribution in [2.45, 2.75) is 11.3 Å². The second-order valence-corrected chi connectivity index (χ2v) is 6.57. The summed E-state index contributed by atoms with van der Waals surface area (Å²) in [5.41, 5.74) is 2.36. The first-order valence-corrected chi connectivity index (χ1v) is 8.42. The number of aromatic nitrogens is 1. The van der Waals surface area contributed by atoms with Gasteiger partial charge < -0.3 is 9.62 Å². The molecule has 0 amide bonds. The molecular weight excluding hydrogens is 340 g/mol. The second kappa shape index (κ2) is 5.97. The van der Waals surface area contributed by atoms with Crippen LogP contribution in [0.4, 0.5) is 15.9 Å². The fraction of sp³-hybridized carbons (Fsp3) is 0.250. The SMILES string of the molecule is Fc1c(Cl)c(N2CCC2)cc(Cl)c1SNc1cscn1. The van der Waals surface area contributed by atoms with Crippen LogP contribution in [0.2, 0.25) is 10.0 Å². The van der Waals surface area contributed by atoms with Crippen molar-refractivity contribution in [2.75, 3.05) is 22.7 Å². The summed E-state index contributed by atoms with van der Waals surface area (Å²) in [4.78, 5) is 6.36. The van der Waals surface area contributed by atoms with E-state index in [0.29, 0.717) is 16.5 Å². The molecule has 1 N–H and O–H groups in total. The van der Waals surface area contributed by atoms with E-state index in [1.54, 1.807) is 11.6 Å². The Bertz CT molecular complexity index is 618. The van der Waals surface area contributed by atoms with Gasteiger partial charge in [0.15, 0.2) is 5.82 Å². The summed E-state index contributed by atoms with van der Waals surface area (Å²) in [5, 5.41) is 2.30. The Labute approximate surface area is 134 Å². The lowest BCUT2D eigenvalue weighted by Crippen LogP contribution is -2.37. The Morgan fingerprint density at radius 2 is 2.20 bits per heavy atom. The first-order valence-electron chi connectivity index (χ1n) is 5.90. The smallest absolute Gasteiger partial charge is 0.160 e. The molecule has 1 fully saturated rings. The molecule has 20 heavy (non-hydrogen) atoms. The highest BCUT2D eigenvalue weighted by molar-refractivity contribution is 8.00. The van der Waals surface area contributed by atoms with Crippen LogP contribution in [0, 0.1) is 5.82 Å². The largest absolute Gasteiger partial charge is 0.370 e. The van der Waals surface area contributed by atoms with E-state index in [4.69, 9.17) is 23.2 Å². The molecule has 3 rings (SSSR count). The molecule has 1 saturated heterocycles. The van der Waals surface area contributed by atoms with Gasteiger partial charge in [-0.2, -0.15) is 0 Å². The quantitative estimate of drug-likeness (QED) is 0.626. The number of hydrogen-bond acceptors (Lipinski definition) is 5. The monoisotopic (exact) mass is 349 g/mol. The summed E-state index contributed by atoms with van der Waals surface area (Å²) in [6.07, 6.45) is 1.09.